The van der Waals surface area contributed by atoms with Gasteiger partial charge < -0.3 is 0 Å². The standard InChI is InChI=1S/C18H18/c1-3-4-5-6-9-15(2)17-13-12-16-10-7-8-11-18(16)14-17/h7-8,10-14H,2-5H2,1H3. The van der Waals surface area contributed by atoms with Gasteiger partial charge in [0.15, 0.2) is 0 Å². The maximum Gasteiger partial charge on any atom is 0.0246 e. The van der Waals surface area contributed by atoms with Crippen molar-refractivity contribution < 1.29 is 0 Å². The molecule has 0 saturated carbocycles. The van der Waals surface area contributed by atoms with Crippen LogP contribution in [0.4, 0.5) is 0 Å². The Hall–Kier alpha value is -2.00. The molecule has 0 atom stereocenters. The lowest BCUT2D eigenvalue weighted by Gasteiger charge is -2.01. The third kappa shape index (κ3) is 3.02. The first-order valence-electron chi connectivity index (χ1n) is 6.48. The molecular formula is C18H18. The molecule has 0 saturated heterocycles. The summed E-state index contributed by atoms with van der Waals surface area (Å²) in [5, 5.41) is 2.50. The molecule has 0 N–H and O–H groups in total. The van der Waals surface area contributed by atoms with Gasteiger partial charge in [0, 0.05) is 12.0 Å². The zero-order chi connectivity index (χ0) is 12.8. The molecule has 2 aromatic carbocycles. The average molecular weight is 234 g/mol. The van der Waals surface area contributed by atoms with Crippen LogP contribution in [0, 0.1) is 11.8 Å². The van der Waals surface area contributed by atoms with Crippen LogP contribution in [0.2, 0.25) is 0 Å². The quantitative estimate of drug-likeness (QED) is 0.515. The second-order valence-corrected chi connectivity index (χ2v) is 4.45. The van der Waals surface area contributed by atoms with Gasteiger partial charge >= 0.3 is 0 Å². The van der Waals surface area contributed by atoms with Crippen LogP contribution in [0.15, 0.2) is 49.0 Å². The summed E-state index contributed by atoms with van der Waals surface area (Å²) < 4.78 is 0. The monoisotopic (exact) mass is 234 g/mol. The number of hydrogen-bond donors (Lipinski definition) is 0. The Labute approximate surface area is 109 Å². The van der Waals surface area contributed by atoms with Crippen molar-refractivity contribution in [2.45, 2.75) is 26.2 Å². The number of fused-ring (bicyclic) bond motifs is 1. The van der Waals surface area contributed by atoms with Gasteiger partial charge in [-0.05, 0) is 28.8 Å². The molecule has 0 aliphatic heterocycles. The van der Waals surface area contributed by atoms with Crippen LogP contribution in [0.25, 0.3) is 16.3 Å². The molecule has 0 aromatic heterocycles. The predicted octanol–water partition coefficient (Wildman–Crippen LogP) is 5.05. The smallest absolute Gasteiger partial charge is 0.0246 e. The van der Waals surface area contributed by atoms with Crippen LogP contribution < -0.4 is 0 Å². The molecule has 0 bridgehead atoms. The summed E-state index contributed by atoms with van der Waals surface area (Å²) in [6, 6.07) is 14.7. The van der Waals surface area contributed by atoms with E-state index in [1.807, 2.05) is 0 Å². The van der Waals surface area contributed by atoms with Gasteiger partial charge in [-0.15, -0.1) is 0 Å². The fourth-order valence-electron chi connectivity index (χ4n) is 1.88. The number of rotatable bonds is 3. The lowest BCUT2D eigenvalue weighted by Crippen LogP contribution is -1.81. The Kier molecular flexibility index (Phi) is 4.20. The third-order valence-electron chi connectivity index (χ3n) is 2.99. The summed E-state index contributed by atoms with van der Waals surface area (Å²) in [7, 11) is 0. The van der Waals surface area contributed by atoms with Crippen LogP contribution in [-0.2, 0) is 0 Å². The zero-order valence-corrected chi connectivity index (χ0v) is 10.9. The van der Waals surface area contributed by atoms with Crippen molar-refractivity contribution in [2.75, 3.05) is 0 Å². The largest absolute Gasteiger partial charge is 0.0979 e. The number of unbranched alkanes of at least 4 members (excludes halogenated alkanes) is 2. The predicted molar refractivity (Wildman–Crippen MR) is 80.3 cm³/mol. The minimum absolute atomic E-state index is 0.914. The molecule has 0 aliphatic rings. The molecule has 2 aromatic rings. The van der Waals surface area contributed by atoms with E-state index in [1.165, 1.54) is 17.2 Å². The van der Waals surface area contributed by atoms with Crippen molar-refractivity contribution >= 4 is 16.3 Å². The number of hydrogen-bond acceptors (Lipinski definition) is 0. The fourth-order valence-corrected chi connectivity index (χ4v) is 1.88. The third-order valence-corrected chi connectivity index (χ3v) is 2.99. The van der Waals surface area contributed by atoms with Gasteiger partial charge in [0.25, 0.3) is 0 Å². The molecule has 0 nitrogen and oxygen atoms in total. The number of benzene rings is 2. The van der Waals surface area contributed by atoms with Crippen LogP contribution in [-0.4, -0.2) is 0 Å². The minimum Gasteiger partial charge on any atom is -0.0979 e. The first-order chi connectivity index (χ1) is 8.81. The van der Waals surface area contributed by atoms with Crippen molar-refractivity contribution in [1.82, 2.24) is 0 Å². The summed E-state index contributed by atoms with van der Waals surface area (Å²) in [6.45, 7) is 6.24. The van der Waals surface area contributed by atoms with Crippen LogP contribution >= 0.6 is 0 Å². The van der Waals surface area contributed by atoms with E-state index in [2.05, 4.69) is 67.8 Å². The highest BCUT2D eigenvalue weighted by Crippen LogP contribution is 2.19. The Bertz CT molecular complexity index is 608. The van der Waals surface area contributed by atoms with Gasteiger partial charge in [-0.3, -0.25) is 0 Å². The van der Waals surface area contributed by atoms with E-state index in [0.29, 0.717) is 0 Å². The van der Waals surface area contributed by atoms with E-state index in [4.69, 9.17) is 0 Å². The summed E-state index contributed by atoms with van der Waals surface area (Å²) in [6.07, 6.45) is 3.32. The van der Waals surface area contributed by atoms with Gasteiger partial charge in [-0.2, -0.15) is 0 Å². The molecule has 0 fully saturated rings. The van der Waals surface area contributed by atoms with Gasteiger partial charge in [0.1, 0.15) is 0 Å². The second kappa shape index (κ2) is 6.07. The van der Waals surface area contributed by atoms with E-state index >= 15 is 0 Å². The van der Waals surface area contributed by atoms with Crippen molar-refractivity contribution in [2.24, 2.45) is 0 Å². The first kappa shape index (κ1) is 12.5. The molecule has 0 radical (unpaired) electrons. The lowest BCUT2D eigenvalue weighted by molar-refractivity contribution is 0.828. The maximum atomic E-state index is 4.06. The summed E-state index contributed by atoms with van der Waals surface area (Å²) in [5.41, 5.74) is 2.04. The van der Waals surface area contributed by atoms with Crippen LogP contribution in [0.5, 0.6) is 0 Å². The number of allylic oxidation sites excluding steroid dienone is 1. The Morgan fingerprint density at radius 1 is 1.11 bits per heavy atom. The molecular weight excluding hydrogens is 216 g/mol. The Balaban J connectivity index is 2.19. The summed E-state index contributed by atoms with van der Waals surface area (Å²) in [4.78, 5) is 0. The molecule has 2 rings (SSSR count). The van der Waals surface area contributed by atoms with Gasteiger partial charge in [0.05, 0.1) is 0 Å². The SMILES string of the molecule is C=C(C#CCCCC)c1ccc2ccccc2c1. The van der Waals surface area contributed by atoms with E-state index in [9.17, 15) is 0 Å². The van der Waals surface area contributed by atoms with Crippen molar-refractivity contribution in [3.8, 4) is 11.8 Å². The zero-order valence-electron chi connectivity index (χ0n) is 10.9. The van der Waals surface area contributed by atoms with Crippen molar-refractivity contribution in [1.29, 1.82) is 0 Å². The first-order valence-corrected chi connectivity index (χ1v) is 6.48. The minimum atomic E-state index is 0.914. The molecule has 0 aliphatic carbocycles. The second-order valence-electron chi connectivity index (χ2n) is 4.45. The topological polar surface area (TPSA) is 0 Å². The van der Waals surface area contributed by atoms with E-state index in [0.717, 1.165) is 24.0 Å². The Morgan fingerprint density at radius 3 is 2.67 bits per heavy atom. The summed E-state index contributed by atoms with van der Waals surface area (Å²) in [5.74, 6) is 6.34. The molecule has 18 heavy (non-hydrogen) atoms. The van der Waals surface area contributed by atoms with E-state index in [1.54, 1.807) is 0 Å². The molecule has 0 amide bonds. The highest BCUT2D eigenvalue weighted by Gasteiger charge is 1.97. The Morgan fingerprint density at radius 2 is 1.89 bits per heavy atom. The van der Waals surface area contributed by atoms with Crippen LogP contribution in [0.3, 0.4) is 0 Å². The summed E-state index contributed by atoms with van der Waals surface area (Å²) >= 11 is 0. The highest BCUT2D eigenvalue weighted by molar-refractivity contribution is 5.88. The van der Waals surface area contributed by atoms with Crippen molar-refractivity contribution in [3.05, 3.63) is 54.6 Å². The van der Waals surface area contributed by atoms with E-state index in [-0.39, 0.29) is 0 Å². The van der Waals surface area contributed by atoms with Gasteiger partial charge in [-0.1, -0.05) is 68.2 Å². The van der Waals surface area contributed by atoms with Crippen LogP contribution in [0.1, 0.15) is 31.7 Å². The van der Waals surface area contributed by atoms with Gasteiger partial charge in [0.2, 0.25) is 0 Å². The molecule has 0 heterocycles. The molecule has 0 spiro atoms. The average Bonchev–Trinajstić information content (AvgIpc) is 2.43. The van der Waals surface area contributed by atoms with E-state index < -0.39 is 0 Å². The molecule has 90 valence electrons. The fraction of sp³-hybridized carbons (Fsp3) is 0.222. The lowest BCUT2D eigenvalue weighted by atomic mass is 10.0. The maximum absolute atomic E-state index is 4.06. The van der Waals surface area contributed by atoms with Gasteiger partial charge in [-0.25, -0.2) is 0 Å². The molecule has 0 heteroatoms. The van der Waals surface area contributed by atoms with Crippen molar-refractivity contribution in [3.63, 3.8) is 0 Å². The normalized spacial score (nSPS) is 9.83. The molecule has 0 unspecified atom stereocenters. The highest BCUT2D eigenvalue weighted by atomic mass is 14.0.